The third kappa shape index (κ3) is 6.25. The van der Waals surface area contributed by atoms with Gasteiger partial charge in [0.2, 0.25) is 12.3 Å². The number of rotatable bonds is 8. The average molecular weight is 460 g/mol. The first-order valence-electron chi connectivity index (χ1n) is 10.6. The van der Waals surface area contributed by atoms with Crippen LogP contribution < -0.4 is 5.32 Å². The summed E-state index contributed by atoms with van der Waals surface area (Å²) in [6.07, 6.45) is 1.24. The summed E-state index contributed by atoms with van der Waals surface area (Å²) < 4.78 is 0. The summed E-state index contributed by atoms with van der Waals surface area (Å²) in [6.45, 7) is 8.51. The Labute approximate surface area is 194 Å². The topological polar surface area (TPSA) is 52.7 Å². The van der Waals surface area contributed by atoms with E-state index in [4.69, 9.17) is 11.6 Å². The largest absolute Gasteiger partial charge is 0.337 e. The average Bonchev–Trinajstić information content (AvgIpc) is 2.72. The normalized spacial score (nSPS) is 19.3. The van der Waals surface area contributed by atoms with Gasteiger partial charge in [-0.15, -0.1) is 11.8 Å². The molecule has 1 aliphatic rings. The molecule has 1 aliphatic heterocycles. The standard InChI is InChI=1S/C24H30ClN3O2S/c1-4-31-21-10-8-19(9-11-21)12-23(30)26-22-7-5-6-20(24(22)25)15-27-13-17(2)28(16-29)18(3)14-27/h5-11,16-18H,4,12-15H2,1-3H3,(H,26,30). The molecule has 1 heterocycles. The molecule has 1 fully saturated rings. The highest BCUT2D eigenvalue weighted by atomic mass is 35.5. The smallest absolute Gasteiger partial charge is 0.228 e. The highest BCUT2D eigenvalue weighted by Gasteiger charge is 2.28. The predicted octanol–water partition coefficient (Wildman–Crippen LogP) is 4.68. The van der Waals surface area contributed by atoms with Crippen molar-refractivity contribution in [3.63, 3.8) is 0 Å². The minimum atomic E-state index is -0.0863. The molecule has 2 aromatic rings. The molecule has 7 heteroatoms. The van der Waals surface area contributed by atoms with E-state index in [9.17, 15) is 9.59 Å². The molecule has 2 aromatic carbocycles. The molecular weight excluding hydrogens is 430 g/mol. The van der Waals surface area contributed by atoms with Gasteiger partial charge in [0.1, 0.15) is 0 Å². The van der Waals surface area contributed by atoms with E-state index >= 15 is 0 Å². The quantitative estimate of drug-likeness (QED) is 0.460. The predicted molar refractivity (Wildman–Crippen MR) is 129 cm³/mol. The number of hydrogen-bond acceptors (Lipinski definition) is 4. The minimum Gasteiger partial charge on any atom is -0.337 e. The van der Waals surface area contributed by atoms with Gasteiger partial charge in [-0.05, 0) is 48.9 Å². The van der Waals surface area contributed by atoms with E-state index in [1.165, 1.54) is 4.90 Å². The molecule has 1 N–H and O–H groups in total. The molecule has 0 aromatic heterocycles. The maximum Gasteiger partial charge on any atom is 0.228 e. The molecular formula is C24H30ClN3O2S. The minimum absolute atomic E-state index is 0.0863. The van der Waals surface area contributed by atoms with E-state index in [-0.39, 0.29) is 18.0 Å². The third-order valence-electron chi connectivity index (χ3n) is 5.53. The van der Waals surface area contributed by atoms with Crippen LogP contribution in [0, 0.1) is 0 Å². The summed E-state index contributed by atoms with van der Waals surface area (Å²) in [4.78, 5) is 29.2. The Morgan fingerprint density at radius 2 is 1.84 bits per heavy atom. The fourth-order valence-electron chi connectivity index (χ4n) is 4.07. The van der Waals surface area contributed by atoms with Crippen LogP contribution in [-0.4, -0.2) is 53.0 Å². The van der Waals surface area contributed by atoms with Crippen molar-refractivity contribution in [2.75, 3.05) is 24.2 Å². The lowest BCUT2D eigenvalue weighted by Gasteiger charge is -2.42. The lowest BCUT2D eigenvalue weighted by Crippen LogP contribution is -2.55. The van der Waals surface area contributed by atoms with Crippen molar-refractivity contribution in [1.29, 1.82) is 0 Å². The number of piperazine rings is 1. The van der Waals surface area contributed by atoms with E-state index in [0.717, 1.165) is 36.4 Å². The monoisotopic (exact) mass is 459 g/mol. The Bertz CT molecular complexity index is 894. The van der Waals surface area contributed by atoms with E-state index in [1.54, 1.807) is 11.8 Å². The van der Waals surface area contributed by atoms with Gasteiger partial charge in [-0.25, -0.2) is 0 Å². The molecule has 3 rings (SSSR count). The number of nitrogens with zero attached hydrogens (tertiary/aromatic N) is 2. The van der Waals surface area contributed by atoms with Gasteiger partial charge in [0.05, 0.1) is 17.1 Å². The van der Waals surface area contributed by atoms with Crippen LogP contribution in [-0.2, 0) is 22.6 Å². The van der Waals surface area contributed by atoms with Gasteiger partial charge in [0, 0.05) is 36.6 Å². The van der Waals surface area contributed by atoms with Crippen LogP contribution in [0.15, 0.2) is 47.4 Å². The molecule has 0 spiro atoms. The second kappa shape index (κ2) is 11.0. The third-order valence-corrected chi connectivity index (χ3v) is 6.87. The van der Waals surface area contributed by atoms with Crippen LogP contribution in [0.3, 0.4) is 0 Å². The molecule has 0 aliphatic carbocycles. The summed E-state index contributed by atoms with van der Waals surface area (Å²) in [6, 6.07) is 14.2. The number of nitrogens with one attached hydrogen (secondary N) is 1. The molecule has 5 nitrogen and oxygen atoms in total. The number of anilines is 1. The zero-order valence-electron chi connectivity index (χ0n) is 18.3. The second-order valence-electron chi connectivity index (χ2n) is 8.03. The molecule has 166 valence electrons. The Morgan fingerprint density at radius 1 is 1.16 bits per heavy atom. The Morgan fingerprint density at radius 3 is 2.45 bits per heavy atom. The molecule has 31 heavy (non-hydrogen) atoms. The SMILES string of the molecule is CCSc1ccc(CC(=O)Nc2cccc(CN3CC(C)N(C=O)C(C)C3)c2Cl)cc1. The molecule has 1 saturated heterocycles. The summed E-state index contributed by atoms with van der Waals surface area (Å²) >= 11 is 8.43. The molecule has 0 bridgehead atoms. The number of halogens is 1. The van der Waals surface area contributed by atoms with Crippen molar-refractivity contribution in [2.45, 2.75) is 50.7 Å². The van der Waals surface area contributed by atoms with Crippen molar-refractivity contribution < 1.29 is 9.59 Å². The van der Waals surface area contributed by atoms with Gasteiger partial charge in [-0.3, -0.25) is 14.5 Å². The molecule has 2 unspecified atom stereocenters. The van der Waals surface area contributed by atoms with Crippen molar-refractivity contribution in [1.82, 2.24) is 9.80 Å². The number of thioether (sulfide) groups is 1. The van der Waals surface area contributed by atoms with E-state index in [2.05, 4.69) is 43.1 Å². The van der Waals surface area contributed by atoms with Gasteiger partial charge in [0.15, 0.2) is 0 Å². The van der Waals surface area contributed by atoms with Crippen LogP contribution in [0.2, 0.25) is 5.02 Å². The summed E-state index contributed by atoms with van der Waals surface area (Å²) in [7, 11) is 0. The fraction of sp³-hybridized carbons (Fsp3) is 0.417. The number of carbonyl (C=O) groups excluding carboxylic acids is 2. The summed E-state index contributed by atoms with van der Waals surface area (Å²) in [5.41, 5.74) is 2.58. The first kappa shape index (κ1) is 23.6. The van der Waals surface area contributed by atoms with Crippen molar-refractivity contribution in [2.24, 2.45) is 0 Å². The number of amides is 2. The van der Waals surface area contributed by atoms with Gasteiger partial charge >= 0.3 is 0 Å². The maximum absolute atomic E-state index is 12.6. The Hall–Kier alpha value is -2.02. The number of carbonyl (C=O) groups is 2. The Balaban J connectivity index is 1.62. The highest BCUT2D eigenvalue weighted by Crippen LogP contribution is 2.28. The zero-order valence-corrected chi connectivity index (χ0v) is 19.9. The first-order chi connectivity index (χ1) is 14.9. The van der Waals surface area contributed by atoms with Crippen LogP contribution in [0.4, 0.5) is 5.69 Å². The molecule has 2 atom stereocenters. The van der Waals surface area contributed by atoms with E-state index in [0.29, 0.717) is 23.7 Å². The number of hydrogen-bond donors (Lipinski definition) is 1. The van der Waals surface area contributed by atoms with Crippen molar-refractivity contribution >= 4 is 41.4 Å². The van der Waals surface area contributed by atoms with E-state index in [1.807, 2.05) is 35.2 Å². The molecule has 0 radical (unpaired) electrons. The van der Waals surface area contributed by atoms with Crippen molar-refractivity contribution in [3.8, 4) is 0 Å². The highest BCUT2D eigenvalue weighted by molar-refractivity contribution is 7.99. The van der Waals surface area contributed by atoms with Gasteiger partial charge in [-0.1, -0.05) is 42.8 Å². The van der Waals surface area contributed by atoms with Crippen LogP contribution >= 0.6 is 23.4 Å². The maximum atomic E-state index is 12.6. The van der Waals surface area contributed by atoms with Crippen LogP contribution in [0.5, 0.6) is 0 Å². The summed E-state index contributed by atoms with van der Waals surface area (Å²) in [5, 5.41) is 3.53. The lowest BCUT2D eigenvalue weighted by molar-refractivity contribution is -0.125. The Kier molecular flexibility index (Phi) is 8.41. The lowest BCUT2D eigenvalue weighted by atomic mass is 10.1. The van der Waals surface area contributed by atoms with Gasteiger partial charge < -0.3 is 10.2 Å². The van der Waals surface area contributed by atoms with E-state index < -0.39 is 0 Å². The molecule has 2 amide bonds. The number of benzene rings is 2. The zero-order chi connectivity index (χ0) is 22.4. The summed E-state index contributed by atoms with van der Waals surface area (Å²) in [5.74, 6) is 0.941. The van der Waals surface area contributed by atoms with Gasteiger partial charge in [-0.2, -0.15) is 0 Å². The van der Waals surface area contributed by atoms with Crippen molar-refractivity contribution in [3.05, 3.63) is 58.6 Å². The van der Waals surface area contributed by atoms with Crippen LogP contribution in [0.1, 0.15) is 31.9 Å². The fourth-order valence-corrected chi connectivity index (χ4v) is 4.97. The van der Waals surface area contributed by atoms with Gasteiger partial charge in [0.25, 0.3) is 0 Å². The van der Waals surface area contributed by atoms with Crippen LogP contribution in [0.25, 0.3) is 0 Å². The molecule has 0 saturated carbocycles. The first-order valence-corrected chi connectivity index (χ1v) is 12.0. The second-order valence-corrected chi connectivity index (χ2v) is 9.74.